The molecular formula is C14H20N6O3. The molecule has 2 aromatic rings. The second-order valence-corrected chi connectivity index (χ2v) is 5.13. The minimum atomic E-state index is -0.202. The summed E-state index contributed by atoms with van der Waals surface area (Å²) in [5, 5.41) is 7.14. The fourth-order valence-corrected chi connectivity index (χ4v) is 1.65. The van der Waals surface area contributed by atoms with Gasteiger partial charge in [0.15, 0.2) is 0 Å². The highest BCUT2D eigenvalue weighted by molar-refractivity contribution is 5.28. The number of anilines is 1. The minimum Gasteiger partial charge on any atom is -0.467 e. The van der Waals surface area contributed by atoms with Crippen LogP contribution in [0.25, 0.3) is 0 Å². The van der Waals surface area contributed by atoms with Crippen molar-refractivity contribution in [2.75, 3.05) is 19.0 Å². The normalized spacial score (nSPS) is 10.7. The number of rotatable bonds is 7. The summed E-state index contributed by atoms with van der Waals surface area (Å²) in [6, 6.07) is 3.01. The van der Waals surface area contributed by atoms with Crippen LogP contribution >= 0.6 is 0 Å². The number of nitrogens with one attached hydrogen (secondary N) is 1. The molecule has 9 heteroatoms. The summed E-state index contributed by atoms with van der Waals surface area (Å²) in [7, 11) is 1.46. The molecule has 0 fully saturated rings. The summed E-state index contributed by atoms with van der Waals surface area (Å²) in [5.41, 5.74) is -0.202. The van der Waals surface area contributed by atoms with Crippen LogP contribution in [0, 0.1) is 5.92 Å². The van der Waals surface area contributed by atoms with Gasteiger partial charge in [-0.1, -0.05) is 13.8 Å². The number of hydrogen-bond donors (Lipinski definition) is 1. The molecule has 0 saturated carbocycles. The average molecular weight is 320 g/mol. The lowest BCUT2D eigenvalue weighted by molar-refractivity contribution is 0.352. The summed E-state index contributed by atoms with van der Waals surface area (Å²) in [6.45, 7) is 7.10. The van der Waals surface area contributed by atoms with Crippen LogP contribution in [0.5, 0.6) is 17.9 Å². The Balaban J connectivity index is 2.24. The van der Waals surface area contributed by atoms with E-state index >= 15 is 0 Å². The number of aryl methyl sites for hydroxylation is 1. The number of ether oxygens (including phenoxy) is 2. The average Bonchev–Trinajstić information content (AvgIpc) is 2.54. The van der Waals surface area contributed by atoms with Crippen molar-refractivity contribution < 1.29 is 9.47 Å². The zero-order valence-corrected chi connectivity index (χ0v) is 13.6. The molecule has 0 unspecified atom stereocenters. The van der Waals surface area contributed by atoms with E-state index in [1.165, 1.54) is 23.9 Å². The van der Waals surface area contributed by atoms with Gasteiger partial charge in [0.1, 0.15) is 0 Å². The van der Waals surface area contributed by atoms with E-state index in [0.29, 0.717) is 25.0 Å². The molecule has 1 N–H and O–H groups in total. The topological polar surface area (TPSA) is 104 Å². The molecule has 0 aliphatic carbocycles. The van der Waals surface area contributed by atoms with Crippen LogP contribution in [0.1, 0.15) is 20.8 Å². The quantitative estimate of drug-likeness (QED) is 0.814. The Morgan fingerprint density at radius 2 is 1.96 bits per heavy atom. The SMILES string of the molecule is CCn1nc(Oc2nc(NCC(C)C)nc(OC)n2)ccc1=O. The molecule has 2 rings (SSSR count). The molecule has 9 nitrogen and oxygen atoms in total. The van der Waals surface area contributed by atoms with Gasteiger partial charge in [-0.25, -0.2) is 4.68 Å². The molecule has 0 amide bonds. The van der Waals surface area contributed by atoms with Crippen molar-refractivity contribution in [3.05, 3.63) is 22.5 Å². The highest BCUT2D eigenvalue weighted by Crippen LogP contribution is 2.18. The maximum Gasteiger partial charge on any atom is 0.331 e. The zero-order valence-electron chi connectivity index (χ0n) is 13.6. The van der Waals surface area contributed by atoms with Crippen molar-refractivity contribution in [2.45, 2.75) is 27.3 Å². The Morgan fingerprint density at radius 1 is 1.22 bits per heavy atom. The largest absolute Gasteiger partial charge is 0.467 e. The molecule has 2 aromatic heterocycles. The first-order valence-electron chi connectivity index (χ1n) is 7.31. The van der Waals surface area contributed by atoms with Gasteiger partial charge in [-0.3, -0.25) is 4.79 Å². The highest BCUT2D eigenvalue weighted by Gasteiger charge is 2.10. The van der Waals surface area contributed by atoms with Gasteiger partial charge >= 0.3 is 12.0 Å². The lowest BCUT2D eigenvalue weighted by atomic mass is 10.2. The third-order valence-corrected chi connectivity index (χ3v) is 2.78. The molecule has 124 valence electrons. The molecule has 0 radical (unpaired) electrons. The summed E-state index contributed by atoms with van der Waals surface area (Å²) in [4.78, 5) is 23.8. The van der Waals surface area contributed by atoms with Crippen molar-refractivity contribution in [1.82, 2.24) is 24.7 Å². The summed E-state index contributed by atoms with van der Waals surface area (Å²) >= 11 is 0. The molecular weight excluding hydrogens is 300 g/mol. The Bertz CT molecular complexity index is 716. The van der Waals surface area contributed by atoms with E-state index in [1.807, 2.05) is 6.92 Å². The van der Waals surface area contributed by atoms with Gasteiger partial charge in [-0.05, 0) is 12.8 Å². The van der Waals surface area contributed by atoms with Gasteiger partial charge in [-0.2, -0.15) is 9.97 Å². The molecule has 0 saturated heterocycles. The van der Waals surface area contributed by atoms with Gasteiger partial charge in [0.05, 0.1) is 7.11 Å². The Labute approximate surface area is 133 Å². The van der Waals surface area contributed by atoms with E-state index in [-0.39, 0.29) is 23.5 Å². The zero-order chi connectivity index (χ0) is 16.8. The predicted octanol–water partition coefficient (Wildman–Crippen LogP) is 1.32. The van der Waals surface area contributed by atoms with Gasteiger partial charge in [0, 0.05) is 25.2 Å². The smallest absolute Gasteiger partial charge is 0.331 e. The second kappa shape index (κ2) is 7.52. The predicted molar refractivity (Wildman–Crippen MR) is 84.0 cm³/mol. The van der Waals surface area contributed by atoms with Crippen LogP contribution in [0.2, 0.25) is 0 Å². The second-order valence-electron chi connectivity index (χ2n) is 5.13. The van der Waals surface area contributed by atoms with E-state index in [4.69, 9.17) is 9.47 Å². The molecule has 0 aliphatic heterocycles. The maximum absolute atomic E-state index is 11.5. The van der Waals surface area contributed by atoms with Gasteiger partial charge in [0.2, 0.25) is 11.8 Å². The van der Waals surface area contributed by atoms with Crippen LogP contribution in [0.3, 0.4) is 0 Å². The van der Waals surface area contributed by atoms with Crippen molar-refractivity contribution >= 4 is 5.95 Å². The number of nitrogens with zero attached hydrogens (tertiary/aromatic N) is 5. The van der Waals surface area contributed by atoms with Gasteiger partial charge in [0.25, 0.3) is 5.56 Å². The van der Waals surface area contributed by atoms with Crippen LogP contribution in [0.15, 0.2) is 16.9 Å². The Hall–Kier alpha value is -2.71. The third-order valence-electron chi connectivity index (χ3n) is 2.78. The molecule has 0 aliphatic rings. The van der Waals surface area contributed by atoms with Crippen molar-refractivity contribution in [1.29, 1.82) is 0 Å². The Kier molecular flexibility index (Phi) is 5.45. The Morgan fingerprint density at radius 3 is 2.61 bits per heavy atom. The van der Waals surface area contributed by atoms with E-state index < -0.39 is 0 Å². The molecule has 23 heavy (non-hydrogen) atoms. The van der Waals surface area contributed by atoms with Gasteiger partial charge < -0.3 is 14.8 Å². The fourth-order valence-electron chi connectivity index (χ4n) is 1.65. The lowest BCUT2D eigenvalue weighted by Crippen LogP contribution is -2.21. The minimum absolute atomic E-state index is 0.0388. The van der Waals surface area contributed by atoms with E-state index in [0.717, 1.165) is 0 Å². The first-order valence-corrected chi connectivity index (χ1v) is 7.31. The van der Waals surface area contributed by atoms with Crippen LogP contribution in [-0.2, 0) is 6.54 Å². The summed E-state index contributed by atoms with van der Waals surface area (Å²) < 4.78 is 11.8. The monoisotopic (exact) mass is 320 g/mol. The summed E-state index contributed by atoms with van der Waals surface area (Å²) in [6.07, 6.45) is 0. The van der Waals surface area contributed by atoms with E-state index in [2.05, 4.69) is 39.2 Å². The first kappa shape index (κ1) is 16.7. The first-order chi connectivity index (χ1) is 11.0. The molecule has 0 spiro atoms. The number of hydrogen-bond acceptors (Lipinski definition) is 8. The molecule has 0 atom stereocenters. The molecule has 0 bridgehead atoms. The van der Waals surface area contributed by atoms with E-state index in [1.54, 1.807) is 0 Å². The van der Waals surface area contributed by atoms with Crippen LogP contribution < -0.4 is 20.3 Å². The van der Waals surface area contributed by atoms with Crippen molar-refractivity contribution in [3.8, 4) is 17.9 Å². The van der Waals surface area contributed by atoms with Crippen molar-refractivity contribution in [2.24, 2.45) is 5.92 Å². The van der Waals surface area contributed by atoms with Crippen LogP contribution in [-0.4, -0.2) is 38.4 Å². The summed E-state index contributed by atoms with van der Waals surface area (Å²) in [5.74, 6) is 0.996. The molecule has 0 aromatic carbocycles. The van der Waals surface area contributed by atoms with Crippen LogP contribution in [0.4, 0.5) is 5.95 Å². The lowest BCUT2D eigenvalue weighted by Gasteiger charge is -2.10. The number of methoxy groups -OCH3 is 1. The molecule has 2 heterocycles. The third kappa shape index (κ3) is 4.63. The van der Waals surface area contributed by atoms with Crippen molar-refractivity contribution in [3.63, 3.8) is 0 Å². The maximum atomic E-state index is 11.5. The van der Waals surface area contributed by atoms with Gasteiger partial charge in [-0.15, -0.1) is 10.1 Å². The van der Waals surface area contributed by atoms with E-state index in [9.17, 15) is 4.79 Å². The highest BCUT2D eigenvalue weighted by atomic mass is 16.5. The standard InChI is InChI=1S/C14H20N6O3/c1-5-20-11(21)7-6-10(19-20)23-14-17-12(15-8-9(2)3)16-13(18-14)22-4/h6-7,9H,5,8H2,1-4H3,(H,15,16,17,18). The number of aromatic nitrogens is 5. The fraction of sp³-hybridized carbons (Fsp3) is 0.500.